The van der Waals surface area contributed by atoms with E-state index in [1.54, 1.807) is 0 Å². The standard InChI is InChI=1S/C10H11N3O5/c11-10(17)18-5-4-13-8(14)7-6(9(15)16)2-1-3-12-7/h1-3H,4-5H2,(H2,11,17)(H,13,14)(H,15,16). The number of carbonyl (C=O) groups is 3. The predicted molar refractivity (Wildman–Crippen MR) is 59.1 cm³/mol. The summed E-state index contributed by atoms with van der Waals surface area (Å²) in [5.41, 5.74) is 4.31. The van der Waals surface area contributed by atoms with Gasteiger partial charge in [-0.05, 0) is 12.1 Å². The number of nitrogens with one attached hydrogen (secondary N) is 1. The van der Waals surface area contributed by atoms with Crippen LogP contribution in [0.2, 0.25) is 0 Å². The van der Waals surface area contributed by atoms with Gasteiger partial charge >= 0.3 is 12.1 Å². The third kappa shape index (κ3) is 3.74. The van der Waals surface area contributed by atoms with Gasteiger partial charge < -0.3 is 20.9 Å². The SMILES string of the molecule is NC(=O)OCCNC(=O)c1ncccc1C(=O)O. The van der Waals surface area contributed by atoms with Gasteiger partial charge in [-0.1, -0.05) is 0 Å². The first-order valence-electron chi connectivity index (χ1n) is 4.91. The normalized spacial score (nSPS) is 9.56. The van der Waals surface area contributed by atoms with Crippen molar-refractivity contribution in [1.29, 1.82) is 0 Å². The van der Waals surface area contributed by atoms with Crippen LogP contribution in [0.25, 0.3) is 0 Å². The van der Waals surface area contributed by atoms with Gasteiger partial charge in [0.1, 0.15) is 12.3 Å². The summed E-state index contributed by atoms with van der Waals surface area (Å²) >= 11 is 0. The van der Waals surface area contributed by atoms with Crippen molar-refractivity contribution >= 4 is 18.0 Å². The molecule has 0 spiro atoms. The molecule has 96 valence electrons. The van der Waals surface area contributed by atoms with Gasteiger partial charge in [-0.15, -0.1) is 0 Å². The van der Waals surface area contributed by atoms with E-state index in [1.807, 2.05) is 0 Å². The molecule has 0 saturated heterocycles. The lowest BCUT2D eigenvalue weighted by Crippen LogP contribution is -2.30. The zero-order valence-electron chi connectivity index (χ0n) is 9.25. The molecule has 0 radical (unpaired) electrons. The molecular weight excluding hydrogens is 242 g/mol. The van der Waals surface area contributed by atoms with E-state index in [4.69, 9.17) is 10.8 Å². The van der Waals surface area contributed by atoms with E-state index in [9.17, 15) is 14.4 Å². The Kier molecular flexibility index (Phi) is 4.61. The molecule has 0 fully saturated rings. The summed E-state index contributed by atoms with van der Waals surface area (Å²) in [5.74, 6) is -1.91. The lowest BCUT2D eigenvalue weighted by atomic mass is 10.2. The van der Waals surface area contributed by atoms with E-state index in [0.717, 1.165) is 0 Å². The Hall–Kier alpha value is -2.64. The topological polar surface area (TPSA) is 132 Å². The molecule has 1 aromatic rings. The lowest BCUT2D eigenvalue weighted by molar-refractivity contribution is 0.0690. The summed E-state index contributed by atoms with van der Waals surface area (Å²) in [4.78, 5) is 36.4. The molecule has 8 heteroatoms. The van der Waals surface area contributed by atoms with Crippen LogP contribution in [0.1, 0.15) is 20.8 Å². The monoisotopic (exact) mass is 253 g/mol. The van der Waals surface area contributed by atoms with Gasteiger partial charge in [0.2, 0.25) is 0 Å². The summed E-state index contributed by atoms with van der Waals surface area (Å²) in [5, 5.41) is 11.2. The third-order valence-electron chi connectivity index (χ3n) is 1.89. The zero-order chi connectivity index (χ0) is 13.5. The first-order valence-corrected chi connectivity index (χ1v) is 4.91. The zero-order valence-corrected chi connectivity index (χ0v) is 9.25. The minimum Gasteiger partial charge on any atom is -0.478 e. The summed E-state index contributed by atoms with van der Waals surface area (Å²) < 4.78 is 4.39. The summed E-state index contributed by atoms with van der Waals surface area (Å²) in [6, 6.07) is 2.68. The second-order valence-corrected chi connectivity index (χ2v) is 3.13. The highest BCUT2D eigenvalue weighted by atomic mass is 16.5. The van der Waals surface area contributed by atoms with Crippen LogP contribution in [0.4, 0.5) is 4.79 Å². The van der Waals surface area contributed by atoms with E-state index in [-0.39, 0.29) is 24.4 Å². The van der Waals surface area contributed by atoms with Gasteiger partial charge in [0.25, 0.3) is 5.91 Å². The number of amides is 2. The number of carbonyl (C=O) groups excluding carboxylic acids is 2. The molecule has 0 aliphatic carbocycles. The number of primary amides is 1. The predicted octanol–water partition coefficient (Wildman–Crippen LogP) is -0.395. The third-order valence-corrected chi connectivity index (χ3v) is 1.89. The molecular formula is C10H11N3O5. The number of pyridine rings is 1. The molecule has 2 amide bonds. The van der Waals surface area contributed by atoms with Crippen molar-refractivity contribution in [3.05, 3.63) is 29.6 Å². The maximum atomic E-state index is 11.6. The largest absolute Gasteiger partial charge is 0.478 e. The fraction of sp³-hybridized carbons (Fsp3) is 0.200. The number of rotatable bonds is 5. The van der Waals surface area contributed by atoms with Crippen molar-refractivity contribution in [2.75, 3.05) is 13.2 Å². The van der Waals surface area contributed by atoms with Crippen LogP contribution in [-0.2, 0) is 4.74 Å². The molecule has 1 aromatic heterocycles. The minimum absolute atomic E-state index is 0.0113. The van der Waals surface area contributed by atoms with Crippen LogP contribution >= 0.6 is 0 Å². The number of nitrogens with zero attached hydrogens (tertiary/aromatic N) is 1. The average Bonchev–Trinajstić information content (AvgIpc) is 2.34. The van der Waals surface area contributed by atoms with Crippen molar-refractivity contribution in [3.8, 4) is 0 Å². The van der Waals surface area contributed by atoms with Gasteiger partial charge in [0.05, 0.1) is 12.1 Å². The summed E-state index contributed by atoms with van der Waals surface area (Å²) in [6.07, 6.45) is 0.356. The Bertz CT molecular complexity index is 474. The van der Waals surface area contributed by atoms with Gasteiger partial charge in [0.15, 0.2) is 0 Å². The highest BCUT2D eigenvalue weighted by Crippen LogP contribution is 2.04. The Labute approximate surface area is 102 Å². The van der Waals surface area contributed by atoms with E-state index in [0.29, 0.717) is 0 Å². The highest BCUT2D eigenvalue weighted by Gasteiger charge is 2.16. The van der Waals surface area contributed by atoms with Crippen molar-refractivity contribution < 1.29 is 24.2 Å². The van der Waals surface area contributed by atoms with Crippen molar-refractivity contribution in [2.45, 2.75) is 0 Å². The van der Waals surface area contributed by atoms with Crippen LogP contribution in [0, 0.1) is 0 Å². The van der Waals surface area contributed by atoms with Crippen molar-refractivity contribution in [1.82, 2.24) is 10.3 Å². The number of aromatic nitrogens is 1. The summed E-state index contributed by atoms with van der Waals surface area (Å²) in [7, 11) is 0. The van der Waals surface area contributed by atoms with Crippen LogP contribution < -0.4 is 11.1 Å². The Morgan fingerprint density at radius 1 is 1.44 bits per heavy atom. The number of hydrogen-bond donors (Lipinski definition) is 3. The number of carboxylic acids is 1. The molecule has 4 N–H and O–H groups in total. The maximum Gasteiger partial charge on any atom is 0.404 e. The van der Waals surface area contributed by atoms with Crippen LogP contribution in [-0.4, -0.2) is 41.2 Å². The second kappa shape index (κ2) is 6.18. The quantitative estimate of drug-likeness (QED) is 0.612. The Morgan fingerprint density at radius 2 is 2.17 bits per heavy atom. The van der Waals surface area contributed by atoms with Gasteiger partial charge in [-0.25, -0.2) is 9.59 Å². The first-order chi connectivity index (χ1) is 8.52. The lowest BCUT2D eigenvalue weighted by Gasteiger charge is -2.06. The van der Waals surface area contributed by atoms with Crippen LogP contribution in [0.15, 0.2) is 18.3 Å². The molecule has 0 atom stereocenters. The first kappa shape index (κ1) is 13.4. The van der Waals surface area contributed by atoms with Crippen molar-refractivity contribution in [2.24, 2.45) is 5.73 Å². The van der Waals surface area contributed by atoms with Crippen molar-refractivity contribution in [3.63, 3.8) is 0 Å². The Balaban J connectivity index is 2.61. The maximum absolute atomic E-state index is 11.6. The molecule has 1 heterocycles. The van der Waals surface area contributed by atoms with E-state index < -0.39 is 18.0 Å². The smallest absolute Gasteiger partial charge is 0.404 e. The molecule has 0 bridgehead atoms. The number of ether oxygens (including phenoxy) is 1. The minimum atomic E-state index is -1.25. The molecule has 8 nitrogen and oxygen atoms in total. The molecule has 18 heavy (non-hydrogen) atoms. The highest BCUT2D eigenvalue weighted by molar-refractivity contribution is 6.03. The van der Waals surface area contributed by atoms with Gasteiger partial charge in [0, 0.05) is 6.20 Å². The number of hydrogen-bond acceptors (Lipinski definition) is 5. The molecule has 0 aliphatic rings. The molecule has 0 unspecified atom stereocenters. The van der Waals surface area contributed by atoms with Gasteiger partial charge in [-0.3, -0.25) is 9.78 Å². The summed E-state index contributed by atoms with van der Waals surface area (Å²) in [6.45, 7) is -0.0896. The van der Waals surface area contributed by atoms with Crippen LogP contribution in [0.3, 0.4) is 0 Å². The fourth-order valence-corrected chi connectivity index (χ4v) is 1.16. The molecule has 0 aromatic carbocycles. The van der Waals surface area contributed by atoms with Gasteiger partial charge in [-0.2, -0.15) is 0 Å². The number of aromatic carboxylic acids is 1. The molecule has 1 rings (SSSR count). The number of carboxylic acid groups (broad SMARTS) is 1. The fourth-order valence-electron chi connectivity index (χ4n) is 1.16. The van der Waals surface area contributed by atoms with E-state index in [1.165, 1.54) is 18.3 Å². The number of nitrogens with two attached hydrogens (primary N) is 1. The van der Waals surface area contributed by atoms with Crippen LogP contribution in [0.5, 0.6) is 0 Å². The molecule has 0 aliphatic heterocycles. The molecule has 0 saturated carbocycles. The van der Waals surface area contributed by atoms with E-state index >= 15 is 0 Å². The second-order valence-electron chi connectivity index (χ2n) is 3.13. The Morgan fingerprint density at radius 3 is 2.78 bits per heavy atom. The van der Waals surface area contributed by atoms with E-state index in [2.05, 4.69) is 15.0 Å². The average molecular weight is 253 g/mol.